The predicted octanol–water partition coefficient (Wildman–Crippen LogP) is 1.23. The van der Waals surface area contributed by atoms with E-state index in [1.54, 1.807) is 7.11 Å². The van der Waals surface area contributed by atoms with Gasteiger partial charge in [-0.15, -0.1) is 0 Å². The van der Waals surface area contributed by atoms with Crippen LogP contribution in [-0.2, 0) is 16.1 Å². The highest BCUT2D eigenvalue weighted by Gasteiger charge is 2.43. The number of carbonyl (C=O) groups excluding carboxylic acids is 1. The molecule has 0 spiro atoms. The average molecular weight is 346 g/mol. The second-order valence-electron chi connectivity index (χ2n) is 7.20. The molecular formula is C19H30N4O2. The summed E-state index contributed by atoms with van der Waals surface area (Å²) in [5.74, 6) is 0.119. The lowest BCUT2D eigenvalue weighted by atomic mass is 9.92. The molecule has 2 aliphatic heterocycles. The Balaban J connectivity index is 1.55. The summed E-state index contributed by atoms with van der Waals surface area (Å²) in [5, 5.41) is 0. The smallest absolute Gasteiger partial charge is 0.248 e. The number of rotatable bonds is 6. The van der Waals surface area contributed by atoms with E-state index in [1.807, 2.05) is 23.4 Å². The first-order valence-electron chi connectivity index (χ1n) is 9.30. The molecule has 1 aromatic heterocycles. The number of hydrogen-bond acceptors (Lipinski definition) is 5. The maximum Gasteiger partial charge on any atom is 0.248 e. The van der Waals surface area contributed by atoms with Crippen LogP contribution in [0.2, 0.25) is 0 Å². The number of methoxy groups -OCH3 is 1. The monoisotopic (exact) mass is 346 g/mol. The van der Waals surface area contributed by atoms with E-state index in [2.05, 4.69) is 27.8 Å². The van der Waals surface area contributed by atoms with Crippen molar-refractivity contribution in [2.45, 2.75) is 31.8 Å². The van der Waals surface area contributed by atoms with Crippen LogP contribution >= 0.6 is 0 Å². The molecule has 1 unspecified atom stereocenters. The minimum Gasteiger partial charge on any atom is -0.375 e. The van der Waals surface area contributed by atoms with Crippen LogP contribution in [0.1, 0.15) is 25.3 Å². The number of ether oxygens (including phenoxy) is 1. The van der Waals surface area contributed by atoms with Crippen LogP contribution in [0.4, 0.5) is 0 Å². The van der Waals surface area contributed by atoms with Crippen molar-refractivity contribution < 1.29 is 9.53 Å². The van der Waals surface area contributed by atoms with Crippen molar-refractivity contribution >= 4 is 5.91 Å². The van der Waals surface area contributed by atoms with Gasteiger partial charge in [0.05, 0.1) is 0 Å². The van der Waals surface area contributed by atoms with Gasteiger partial charge in [0.25, 0.3) is 0 Å². The molecular weight excluding hydrogens is 316 g/mol. The molecule has 0 aliphatic carbocycles. The van der Waals surface area contributed by atoms with Gasteiger partial charge in [0.1, 0.15) is 6.61 Å². The molecule has 25 heavy (non-hydrogen) atoms. The van der Waals surface area contributed by atoms with Crippen LogP contribution in [0.15, 0.2) is 24.5 Å². The van der Waals surface area contributed by atoms with E-state index in [0.717, 1.165) is 58.7 Å². The zero-order chi connectivity index (χ0) is 17.7. The summed E-state index contributed by atoms with van der Waals surface area (Å²) >= 11 is 0. The SMILES string of the molecule is CCC1(N2CCN(Cc3cccnc3)CC2)CCN(C(=O)COC)C1. The summed E-state index contributed by atoms with van der Waals surface area (Å²) in [4.78, 5) is 23.5. The van der Waals surface area contributed by atoms with Gasteiger partial charge < -0.3 is 9.64 Å². The van der Waals surface area contributed by atoms with Crippen molar-refractivity contribution in [1.82, 2.24) is 19.7 Å². The van der Waals surface area contributed by atoms with Gasteiger partial charge in [0.2, 0.25) is 5.91 Å². The number of piperazine rings is 1. The zero-order valence-corrected chi connectivity index (χ0v) is 15.5. The van der Waals surface area contributed by atoms with E-state index in [4.69, 9.17) is 4.74 Å². The van der Waals surface area contributed by atoms with E-state index in [0.29, 0.717) is 0 Å². The maximum atomic E-state index is 12.2. The first-order chi connectivity index (χ1) is 12.2. The third-order valence-corrected chi connectivity index (χ3v) is 5.78. The molecule has 1 atom stereocenters. The maximum absolute atomic E-state index is 12.2. The van der Waals surface area contributed by atoms with Gasteiger partial charge in [0.15, 0.2) is 0 Å². The molecule has 2 fully saturated rings. The molecule has 0 saturated carbocycles. The van der Waals surface area contributed by atoms with E-state index in [9.17, 15) is 4.79 Å². The van der Waals surface area contributed by atoms with Gasteiger partial charge in [-0.2, -0.15) is 0 Å². The van der Waals surface area contributed by atoms with Crippen LogP contribution in [-0.4, -0.2) is 84.1 Å². The van der Waals surface area contributed by atoms with Gasteiger partial charge in [-0.25, -0.2) is 0 Å². The Morgan fingerprint density at radius 2 is 2.08 bits per heavy atom. The summed E-state index contributed by atoms with van der Waals surface area (Å²) < 4.78 is 5.02. The van der Waals surface area contributed by atoms with Crippen molar-refractivity contribution in [2.75, 3.05) is 53.0 Å². The Morgan fingerprint density at radius 1 is 1.28 bits per heavy atom. The Labute approximate surface area is 150 Å². The van der Waals surface area contributed by atoms with Gasteiger partial charge in [0, 0.05) is 70.9 Å². The topological polar surface area (TPSA) is 48.9 Å². The van der Waals surface area contributed by atoms with E-state index < -0.39 is 0 Å². The Morgan fingerprint density at radius 3 is 2.72 bits per heavy atom. The van der Waals surface area contributed by atoms with Crippen molar-refractivity contribution in [3.05, 3.63) is 30.1 Å². The Kier molecular flexibility index (Phi) is 6.04. The number of likely N-dealkylation sites (tertiary alicyclic amines) is 1. The molecule has 0 bridgehead atoms. The number of amides is 1. The van der Waals surface area contributed by atoms with Crippen LogP contribution in [0, 0.1) is 0 Å². The highest BCUT2D eigenvalue weighted by Crippen LogP contribution is 2.32. The van der Waals surface area contributed by atoms with Crippen molar-refractivity contribution in [3.63, 3.8) is 0 Å². The first-order valence-corrected chi connectivity index (χ1v) is 9.30. The Bertz CT molecular complexity index is 560. The van der Waals surface area contributed by atoms with Crippen molar-refractivity contribution in [3.8, 4) is 0 Å². The highest BCUT2D eigenvalue weighted by molar-refractivity contribution is 5.77. The predicted molar refractivity (Wildman–Crippen MR) is 97.2 cm³/mol. The second kappa shape index (κ2) is 8.25. The lowest BCUT2D eigenvalue weighted by Gasteiger charge is -2.45. The standard InChI is InChI=1S/C19H30N4O2/c1-3-19(6-8-22(16-19)18(24)15-25-2)23-11-9-21(10-12-23)14-17-5-4-7-20-13-17/h4-5,7,13H,3,6,8-12,14-16H2,1-2H3. The van der Waals surface area contributed by atoms with Gasteiger partial charge in [-0.3, -0.25) is 19.6 Å². The fraction of sp³-hybridized carbons (Fsp3) is 0.684. The number of hydrogen-bond donors (Lipinski definition) is 0. The minimum absolute atomic E-state index is 0.119. The molecule has 6 nitrogen and oxygen atoms in total. The molecule has 3 rings (SSSR count). The van der Waals surface area contributed by atoms with Gasteiger partial charge >= 0.3 is 0 Å². The first kappa shape index (κ1) is 18.3. The fourth-order valence-electron chi connectivity index (χ4n) is 4.18. The van der Waals surface area contributed by atoms with Crippen LogP contribution in [0.3, 0.4) is 0 Å². The molecule has 6 heteroatoms. The average Bonchev–Trinajstić information content (AvgIpc) is 3.09. The molecule has 1 amide bonds. The summed E-state index contributed by atoms with van der Waals surface area (Å²) in [6.07, 6.45) is 5.94. The van der Waals surface area contributed by atoms with Crippen molar-refractivity contribution in [1.29, 1.82) is 0 Å². The largest absolute Gasteiger partial charge is 0.375 e. The van der Waals surface area contributed by atoms with Crippen molar-refractivity contribution in [2.24, 2.45) is 0 Å². The summed E-state index contributed by atoms with van der Waals surface area (Å²) in [5.41, 5.74) is 1.42. The second-order valence-corrected chi connectivity index (χ2v) is 7.20. The van der Waals surface area contributed by atoms with Gasteiger partial charge in [-0.05, 0) is 24.5 Å². The quantitative estimate of drug-likeness (QED) is 0.775. The van der Waals surface area contributed by atoms with Crippen LogP contribution < -0.4 is 0 Å². The fourth-order valence-corrected chi connectivity index (χ4v) is 4.18. The Hall–Kier alpha value is -1.50. The normalized spacial score (nSPS) is 25.4. The number of aromatic nitrogens is 1. The third-order valence-electron chi connectivity index (χ3n) is 5.78. The molecule has 1 aromatic rings. The number of pyridine rings is 1. The minimum atomic E-state index is 0.119. The highest BCUT2D eigenvalue weighted by atomic mass is 16.5. The van der Waals surface area contributed by atoms with E-state index in [1.165, 1.54) is 5.56 Å². The van der Waals surface area contributed by atoms with Gasteiger partial charge in [-0.1, -0.05) is 13.0 Å². The number of nitrogens with zero attached hydrogens (tertiary/aromatic N) is 4. The van der Waals surface area contributed by atoms with E-state index in [-0.39, 0.29) is 18.1 Å². The third kappa shape index (κ3) is 4.19. The lowest BCUT2D eigenvalue weighted by molar-refractivity contribution is -0.134. The van der Waals surface area contributed by atoms with E-state index >= 15 is 0 Å². The lowest BCUT2D eigenvalue weighted by Crippen LogP contribution is -2.58. The van der Waals surface area contributed by atoms with Crippen LogP contribution in [0.25, 0.3) is 0 Å². The molecule has 138 valence electrons. The molecule has 0 aromatic carbocycles. The number of carbonyl (C=O) groups is 1. The molecule has 2 aliphatic rings. The summed E-state index contributed by atoms with van der Waals surface area (Å²) in [6.45, 7) is 9.40. The summed E-state index contributed by atoms with van der Waals surface area (Å²) in [7, 11) is 1.59. The zero-order valence-electron chi connectivity index (χ0n) is 15.5. The van der Waals surface area contributed by atoms with Crippen LogP contribution in [0.5, 0.6) is 0 Å². The molecule has 3 heterocycles. The molecule has 2 saturated heterocycles. The molecule has 0 radical (unpaired) electrons. The summed E-state index contributed by atoms with van der Waals surface area (Å²) in [6, 6.07) is 4.14. The molecule has 0 N–H and O–H groups in total.